The van der Waals surface area contributed by atoms with E-state index in [1.807, 2.05) is 6.07 Å². The van der Waals surface area contributed by atoms with Crippen molar-refractivity contribution in [2.45, 2.75) is 0 Å². The van der Waals surface area contributed by atoms with Crippen LogP contribution >= 0.6 is 23.2 Å². The Kier molecular flexibility index (Phi) is 6.36. The van der Waals surface area contributed by atoms with Crippen molar-refractivity contribution in [3.05, 3.63) is 34.3 Å². The van der Waals surface area contributed by atoms with E-state index >= 15 is 0 Å². The minimum Gasteiger partial charge on any atom is -0.0843 e. The fourth-order valence-electron chi connectivity index (χ4n) is 0.460. The number of hydrogen-bond acceptors (Lipinski definition) is 1. The van der Waals surface area contributed by atoms with Crippen molar-refractivity contribution in [2.24, 2.45) is 5.14 Å². The highest BCUT2D eigenvalue weighted by atomic mass is 35.5. The lowest BCUT2D eigenvalue weighted by Gasteiger charge is -1.86. The van der Waals surface area contributed by atoms with E-state index in [0.717, 1.165) is 0 Å². The number of halogens is 2. The number of hydrogen-bond donors (Lipinski definition) is 1. The smallest absolute Gasteiger partial charge is 0.0843 e. The van der Waals surface area contributed by atoms with Gasteiger partial charge in [-0.25, -0.2) is 0 Å². The zero-order chi connectivity index (χ0) is 8.69. The van der Waals surface area contributed by atoms with Gasteiger partial charge in [-0.2, -0.15) is 0 Å². The molecule has 0 atom stereocenters. The van der Waals surface area contributed by atoms with Gasteiger partial charge in [-0.1, -0.05) is 29.3 Å². The molecule has 1 aromatic rings. The van der Waals surface area contributed by atoms with Crippen molar-refractivity contribution in [1.82, 2.24) is 0 Å². The quantitative estimate of drug-likeness (QED) is 0.519. The molecule has 0 heterocycles. The molecule has 0 aliphatic heterocycles. The van der Waals surface area contributed by atoms with Gasteiger partial charge in [0.25, 0.3) is 0 Å². The first-order chi connectivity index (χ1) is 5.20. The van der Waals surface area contributed by atoms with Gasteiger partial charge in [-0.05, 0) is 23.3 Å². The molecule has 2 nitrogen and oxygen atoms in total. The van der Waals surface area contributed by atoms with Gasteiger partial charge in [-0.15, -0.1) is 0 Å². The van der Waals surface area contributed by atoms with Gasteiger partial charge in [0.15, 0.2) is 0 Å². The molecule has 0 amide bonds. The predicted octanol–water partition coefficient (Wildman–Crippen LogP) is 2.28. The van der Waals surface area contributed by atoms with Crippen molar-refractivity contribution in [3.8, 4) is 0 Å². The summed E-state index contributed by atoms with van der Waals surface area (Å²) in [6.07, 6.45) is 0. The van der Waals surface area contributed by atoms with Crippen LogP contribution in [-0.2, 0) is 16.1 Å². The van der Waals surface area contributed by atoms with E-state index < -0.39 is 0 Å². The first kappa shape index (κ1) is 10.8. The van der Waals surface area contributed by atoms with Crippen LogP contribution in [-0.4, -0.2) is 0 Å². The zero-order valence-corrected chi connectivity index (χ0v) is 7.79. The van der Waals surface area contributed by atoms with E-state index in [9.17, 15) is 0 Å². The van der Waals surface area contributed by atoms with Crippen LogP contribution in [0.1, 0.15) is 0 Å². The van der Waals surface area contributed by atoms with E-state index in [4.69, 9.17) is 27.4 Å². The number of benzene rings is 1. The molecule has 60 valence electrons. The summed E-state index contributed by atoms with van der Waals surface area (Å²) in [5, 5.41) is 5.56. The molecular formula is C6H6Cl2NOS+. The third-order valence-corrected chi connectivity index (χ3v) is 1.26. The second-order valence-electron chi connectivity index (χ2n) is 1.54. The zero-order valence-electron chi connectivity index (χ0n) is 5.46. The van der Waals surface area contributed by atoms with E-state index in [-0.39, 0.29) is 11.9 Å². The van der Waals surface area contributed by atoms with Crippen molar-refractivity contribution in [1.29, 1.82) is 0 Å². The normalized spacial score (nSPS) is 7.91. The second-order valence-corrected chi connectivity index (χ2v) is 2.60. The molecule has 0 unspecified atom stereocenters. The Hall–Kier alpha value is -0.220. The van der Waals surface area contributed by atoms with Gasteiger partial charge in [0, 0.05) is 10.0 Å². The largest absolute Gasteiger partial charge is 0.584 e. The summed E-state index contributed by atoms with van der Waals surface area (Å²) in [4.78, 5) is 0. The summed E-state index contributed by atoms with van der Waals surface area (Å²) >= 11 is 11.1. The monoisotopic (exact) mass is 210 g/mol. The van der Waals surface area contributed by atoms with Crippen LogP contribution < -0.4 is 5.14 Å². The molecule has 1 rings (SSSR count). The molecule has 0 aliphatic carbocycles. The van der Waals surface area contributed by atoms with Crippen molar-refractivity contribution in [3.63, 3.8) is 0 Å². The molecule has 2 N–H and O–H groups in total. The van der Waals surface area contributed by atoms with Gasteiger partial charge in [0.1, 0.15) is 0 Å². The Morgan fingerprint density at radius 3 is 1.82 bits per heavy atom. The van der Waals surface area contributed by atoms with Crippen molar-refractivity contribution >= 4 is 35.1 Å². The first-order valence-electron chi connectivity index (χ1n) is 2.60. The minimum absolute atomic E-state index is 0.000000000000000222. The van der Waals surface area contributed by atoms with E-state index in [1.165, 1.54) is 0 Å². The lowest BCUT2D eigenvalue weighted by Crippen LogP contribution is -1.73. The second kappa shape index (κ2) is 6.49. The first-order valence-corrected chi connectivity index (χ1v) is 4.16. The molecule has 0 aromatic heterocycles. The molecule has 0 spiro atoms. The maximum atomic E-state index is 8.62. The third kappa shape index (κ3) is 6.19. The maximum absolute atomic E-state index is 8.62. The maximum Gasteiger partial charge on any atom is 0.584 e. The standard InChI is InChI=1S/C6H4Cl2.H2NOS/c7-5-2-1-3-6(8)4-5;1-3-2/h1-4H;(H2,1,2)/q;+1. The summed E-state index contributed by atoms with van der Waals surface area (Å²) in [6, 6.07) is 7.08. The summed E-state index contributed by atoms with van der Waals surface area (Å²) in [6.45, 7) is 0. The molecule has 0 bridgehead atoms. The van der Waals surface area contributed by atoms with Crippen LogP contribution in [0.3, 0.4) is 0 Å². The van der Waals surface area contributed by atoms with Gasteiger partial charge in [-0.3, -0.25) is 0 Å². The van der Waals surface area contributed by atoms with Crippen LogP contribution in [0.25, 0.3) is 0 Å². The Morgan fingerprint density at radius 1 is 1.27 bits per heavy atom. The molecular weight excluding hydrogens is 205 g/mol. The molecule has 0 radical (unpaired) electrons. The molecule has 11 heavy (non-hydrogen) atoms. The molecule has 0 aliphatic rings. The predicted molar refractivity (Wildman–Crippen MR) is 48.7 cm³/mol. The molecule has 0 fully saturated rings. The molecule has 0 saturated heterocycles. The molecule has 0 saturated carbocycles. The van der Waals surface area contributed by atoms with Gasteiger partial charge < -0.3 is 0 Å². The molecule has 1 aromatic carbocycles. The highest BCUT2D eigenvalue weighted by molar-refractivity contribution is 7.62. The SMILES string of the molecule is Clc1cccc(Cl)c1.N[S+]=O. The fourth-order valence-corrected chi connectivity index (χ4v) is 0.896. The van der Waals surface area contributed by atoms with Crippen LogP contribution in [0, 0.1) is 0 Å². The summed E-state index contributed by atoms with van der Waals surface area (Å²) in [5.74, 6) is 0. The summed E-state index contributed by atoms with van der Waals surface area (Å²) in [5.41, 5.74) is 0. The van der Waals surface area contributed by atoms with E-state index in [1.54, 1.807) is 18.2 Å². The Morgan fingerprint density at radius 2 is 1.64 bits per heavy atom. The average Bonchev–Trinajstić information content (AvgIpc) is 1.88. The third-order valence-electron chi connectivity index (χ3n) is 0.787. The van der Waals surface area contributed by atoms with Crippen molar-refractivity contribution in [2.75, 3.05) is 0 Å². The Balaban J connectivity index is 0.000000292. The van der Waals surface area contributed by atoms with Crippen molar-refractivity contribution < 1.29 is 4.21 Å². The van der Waals surface area contributed by atoms with Gasteiger partial charge >= 0.3 is 11.9 Å². The van der Waals surface area contributed by atoms with Crippen LogP contribution in [0.5, 0.6) is 0 Å². The Labute approximate surface area is 78.9 Å². The Bertz CT molecular complexity index is 214. The topological polar surface area (TPSA) is 43.1 Å². The van der Waals surface area contributed by atoms with E-state index in [0.29, 0.717) is 10.0 Å². The lowest BCUT2D eigenvalue weighted by atomic mass is 10.4. The minimum atomic E-state index is -0.000000000000000222. The summed E-state index contributed by atoms with van der Waals surface area (Å²) in [7, 11) is 0. The van der Waals surface area contributed by atoms with E-state index in [2.05, 4.69) is 5.14 Å². The average molecular weight is 211 g/mol. The molecule has 5 heteroatoms. The highest BCUT2D eigenvalue weighted by Crippen LogP contribution is 2.13. The van der Waals surface area contributed by atoms with Crippen LogP contribution in [0.15, 0.2) is 24.3 Å². The fraction of sp³-hybridized carbons (Fsp3) is 0. The highest BCUT2D eigenvalue weighted by Gasteiger charge is 1.84. The number of rotatable bonds is 0. The van der Waals surface area contributed by atoms with Gasteiger partial charge in [0.05, 0.1) is 4.21 Å². The van der Waals surface area contributed by atoms with Crippen LogP contribution in [0.4, 0.5) is 0 Å². The van der Waals surface area contributed by atoms with Gasteiger partial charge in [0.2, 0.25) is 0 Å². The lowest BCUT2D eigenvalue weighted by molar-refractivity contribution is 0.605. The van der Waals surface area contributed by atoms with Crippen LogP contribution in [0.2, 0.25) is 10.0 Å². The number of nitrogens with two attached hydrogens (primary N) is 1. The summed E-state index contributed by atoms with van der Waals surface area (Å²) < 4.78 is 8.62.